The van der Waals surface area contributed by atoms with Gasteiger partial charge in [0.1, 0.15) is 6.04 Å². The molecule has 0 bridgehead atoms. The van der Waals surface area contributed by atoms with Crippen molar-refractivity contribution in [1.82, 2.24) is 15.1 Å². The quantitative estimate of drug-likeness (QED) is 0.871. The predicted molar refractivity (Wildman–Crippen MR) is 76.1 cm³/mol. The van der Waals surface area contributed by atoms with Crippen LogP contribution in [-0.2, 0) is 14.8 Å². The number of hydrogen-bond acceptors (Lipinski definition) is 4. The zero-order chi connectivity index (χ0) is 14.9. The summed E-state index contributed by atoms with van der Waals surface area (Å²) in [6, 6.07) is 7.70. The lowest BCUT2D eigenvalue weighted by molar-refractivity contribution is -0.122. The molecule has 1 fully saturated rings. The minimum atomic E-state index is -3.64. The van der Waals surface area contributed by atoms with Crippen LogP contribution < -0.4 is 10.0 Å². The molecular weight excluding hydrogens is 292 g/mol. The molecule has 1 atom stereocenters. The van der Waals surface area contributed by atoms with Crippen LogP contribution in [0, 0.1) is 0 Å². The normalized spacial score (nSPS) is 18.5. The van der Waals surface area contributed by atoms with Gasteiger partial charge in [0.2, 0.25) is 5.91 Å². The highest BCUT2D eigenvalue weighted by molar-refractivity contribution is 7.92. The zero-order valence-electron chi connectivity index (χ0n) is 11.1. The van der Waals surface area contributed by atoms with E-state index < -0.39 is 10.0 Å². The molecule has 0 aliphatic carbocycles. The van der Waals surface area contributed by atoms with Gasteiger partial charge in [-0.25, -0.2) is 8.42 Å². The van der Waals surface area contributed by atoms with Crippen molar-refractivity contribution in [3.63, 3.8) is 0 Å². The molecule has 0 radical (unpaired) electrons. The molecule has 1 saturated heterocycles. The molecule has 110 valence electrons. The molecule has 0 saturated carbocycles. The highest BCUT2D eigenvalue weighted by Gasteiger charge is 2.26. The molecular formula is C13H14N4O3S. The van der Waals surface area contributed by atoms with E-state index in [4.69, 9.17) is 0 Å². The molecule has 8 heteroatoms. The summed E-state index contributed by atoms with van der Waals surface area (Å²) in [5.41, 5.74) is 0.332. The maximum atomic E-state index is 12.2. The first-order valence-electron chi connectivity index (χ1n) is 6.46. The van der Waals surface area contributed by atoms with E-state index in [1.54, 1.807) is 18.2 Å². The van der Waals surface area contributed by atoms with Crippen molar-refractivity contribution in [3.05, 3.63) is 42.7 Å². The van der Waals surface area contributed by atoms with Crippen molar-refractivity contribution < 1.29 is 13.2 Å². The lowest BCUT2D eigenvalue weighted by Gasteiger charge is -2.07. The lowest BCUT2D eigenvalue weighted by Crippen LogP contribution is -2.22. The number of benzene rings is 1. The number of carbonyl (C=O) groups excluding carboxylic acids is 1. The molecule has 21 heavy (non-hydrogen) atoms. The largest absolute Gasteiger partial charge is 0.354 e. The van der Waals surface area contributed by atoms with Gasteiger partial charge < -0.3 is 5.32 Å². The second-order valence-corrected chi connectivity index (χ2v) is 6.41. The summed E-state index contributed by atoms with van der Waals surface area (Å²) in [6.07, 6.45) is 3.56. The molecule has 3 rings (SSSR count). The Labute approximate surface area is 122 Å². The maximum Gasteiger partial charge on any atom is 0.261 e. The van der Waals surface area contributed by atoms with Crippen LogP contribution in [0.4, 0.5) is 5.69 Å². The maximum absolute atomic E-state index is 12.2. The number of carbonyl (C=O) groups is 1. The van der Waals surface area contributed by atoms with Gasteiger partial charge in [-0.1, -0.05) is 18.2 Å². The molecule has 1 unspecified atom stereocenters. The van der Waals surface area contributed by atoms with E-state index in [0.717, 1.165) is 0 Å². The molecule has 1 aliphatic rings. The Bertz CT molecular complexity index is 755. The Balaban J connectivity index is 1.80. The van der Waals surface area contributed by atoms with Crippen molar-refractivity contribution in [2.75, 3.05) is 11.3 Å². The number of rotatable bonds is 4. The molecule has 2 N–H and O–H groups in total. The van der Waals surface area contributed by atoms with Gasteiger partial charge in [-0.15, -0.1) is 0 Å². The number of aromatic nitrogens is 2. The molecule has 1 aromatic carbocycles. The van der Waals surface area contributed by atoms with Crippen LogP contribution in [0.25, 0.3) is 0 Å². The fraction of sp³-hybridized carbons (Fsp3) is 0.231. The van der Waals surface area contributed by atoms with Gasteiger partial charge in [-0.3, -0.25) is 14.2 Å². The standard InChI is InChI=1S/C13H14N4O3S/c18-13-12(6-7-14-13)17-9-10(8-15-17)16-21(19,20)11-4-2-1-3-5-11/h1-5,8-9,12,16H,6-7H2,(H,14,18). The number of sulfonamides is 1. The van der Waals surface area contributed by atoms with Crippen LogP contribution in [0.15, 0.2) is 47.6 Å². The number of hydrogen-bond donors (Lipinski definition) is 2. The third kappa shape index (κ3) is 2.75. The van der Waals surface area contributed by atoms with Gasteiger partial charge in [0, 0.05) is 12.7 Å². The van der Waals surface area contributed by atoms with Crippen LogP contribution in [0.5, 0.6) is 0 Å². The van der Waals surface area contributed by atoms with E-state index in [-0.39, 0.29) is 16.8 Å². The first kappa shape index (κ1) is 13.6. The van der Waals surface area contributed by atoms with E-state index in [0.29, 0.717) is 18.7 Å². The second-order valence-electron chi connectivity index (χ2n) is 4.72. The third-order valence-electron chi connectivity index (χ3n) is 3.25. The summed E-state index contributed by atoms with van der Waals surface area (Å²) >= 11 is 0. The summed E-state index contributed by atoms with van der Waals surface area (Å²) in [5.74, 6) is -0.101. The van der Waals surface area contributed by atoms with Gasteiger partial charge in [0.25, 0.3) is 10.0 Å². The highest BCUT2D eigenvalue weighted by atomic mass is 32.2. The van der Waals surface area contributed by atoms with E-state index in [9.17, 15) is 13.2 Å². The van der Waals surface area contributed by atoms with Crippen molar-refractivity contribution in [2.24, 2.45) is 0 Å². The van der Waals surface area contributed by atoms with Gasteiger partial charge in [0.15, 0.2) is 0 Å². The SMILES string of the molecule is O=C1NCCC1n1cc(NS(=O)(=O)c2ccccc2)cn1. The van der Waals surface area contributed by atoms with Crippen LogP contribution >= 0.6 is 0 Å². The predicted octanol–water partition coefficient (Wildman–Crippen LogP) is 0.745. The molecule has 1 aliphatic heterocycles. The third-order valence-corrected chi connectivity index (χ3v) is 4.64. The van der Waals surface area contributed by atoms with Crippen molar-refractivity contribution >= 4 is 21.6 Å². The molecule has 7 nitrogen and oxygen atoms in total. The lowest BCUT2D eigenvalue weighted by atomic mass is 10.2. The number of amides is 1. The summed E-state index contributed by atoms with van der Waals surface area (Å²) in [6.45, 7) is 0.606. The average Bonchev–Trinajstić information content (AvgIpc) is 3.08. The summed E-state index contributed by atoms with van der Waals surface area (Å²) in [7, 11) is -3.64. The topological polar surface area (TPSA) is 93.1 Å². The Morgan fingerprint density at radius 3 is 2.71 bits per heavy atom. The molecule has 1 amide bonds. The minimum Gasteiger partial charge on any atom is -0.354 e. The smallest absolute Gasteiger partial charge is 0.261 e. The summed E-state index contributed by atoms with van der Waals surface area (Å²) in [4.78, 5) is 11.8. The molecule has 2 aromatic rings. The summed E-state index contributed by atoms with van der Waals surface area (Å²) < 4.78 is 28.3. The van der Waals surface area contributed by atoms with E-state index in [2.05, 4.69) is 15.1 Å². The van der Waals surface area contributed by atoms with Crippen molar-refractivity contribution in [1.29, 1.82) is 0 Å². The number of anilines is 1. The Kier molecular flexibility index (Phi) is 3.38. The van der Waals surface area contributed by atoms with Crippen LogP contribution in [0.3, 0.4) is 0 Å². The Morgan fingerprint density at radius 2 is 2.05 bits per heavy atom. The first-order valence-corrected chi connectivity index (χ1v) is 7.94. The first-order chi connectivity index (χ1) is 10.1. The Hall–Kier alpha value is -2.35. The van der Waals surface area contributed by atoms with E-state index in [1.165, 1.54) is 29.2 Å². The van der Waals surface area contributed by atoms with Crippen molar-refractivity contribution in [2.45, 2.75) is 17.4 Å². The fourth-order valence-corrected chi connectivity index (χ4v) is 3.26. The Morgan fingerprint density at radius 1 is 1.29 bits per heavy atom. The molecule has 2 heterocycles. The average molecular weight is 306 g/mol. The molecule has 0 spiro atoms. The summed E-state index contributed by atoms with van der Waals surface area (Å²) in [5, 5.41) is 6.77. The molecule has 1 aromatic heterocycles. The zero-order valence-corrected chi connectivity index (χ0v) is 11.9. The number of nitrogens with one attached hydrogen (secondary N) is 2. The minimum absolute atomic E-state index is 0.101. The van der Waals surface area contributed by atoms with E-state index in [1.807, 2.05) is 0 Å². The van der Waals surface area contributed by atoms with Gasteiger partial charge in [0.05, 0.1) is 16.8 Å². The highest BCUT2D eigenvalue weighted by Crippen LogP contribution is 2.20. The van der Waals surface area contributed by atoms with Gasteiger partial charge in [-0.05, 0) is 18.6 Å². The fourth-order valence-electron chi connectivity index (χ4n) is 2.21. The van der Waals surface area contributed by atoms with Crippen molar-refractivity contribution in [3.8, 4) is 0 Å². The van der Waals surface area contributed by atoms with Crippen LogP contribution in [-0.4, -0.2) is 30.7 Å². The van der Waals surface area contributed by atoms with Gasteiger partial charge in [-0.2, -0.15) is 5.10 Å². The number of nitrogens with zero attached hydrogens (tertiary/aromatic N) is 2. The van der Waals surface area contributed by atoms with Crippen LogP contribution in [0.1, 0.15) is 12.5 Å². The van der Waals surface area contributed by atoms with Crippen LogP contribution in [0.2, 0.25) is 0 Å². The monoisotopic (exact) mass is 306 g/mol. The van der Waals surface area contributed by atoms with Gasteiger partial charge >= 0.3 is 0 Å². The second kappa shape index (κ2) is 5.21. The van der Waals surface area contributed by atoms with E-state index >= 15 is 0 Å².